The summed E-state index contributed by atoms with van der Waals surface area (Å²) < 4.78 is 11.1. The van der Waals surface area contributed by atoms with Crippen LogP contribution in [0.3, 0.4) is 0 Å². The van der Waals surface area contributed by atoms with Gasteiger partial charge in [-0.15, -0.1) is 11.3 Å². The molecular weight excluding hydrogens is 348 g/mol. The van der Waals surface area contributed by atoms with E-state index in [-0.39, 0.29) is 16.8 Å². The lowest BCUT2D eigenvalue weighted by Crippen LogP contribution is -2.14. The minimum atomic E-state index is -0.262. The first kappa shape index (κ1) is 16.5. The van der Waals surface area contributed by atoms with Gasteiger partial charge in [0.15, 0.2) is 27.3 Å². The zero-order valence-corrected chi connectivity index (χ0v) is 14.6. The maximum atomic E-state index is 11.7. The number of carbonyl (C=O) groups is 2. The molecule has 0 saturated carbocycles. The number of hydrogen-bond acceptors (Lipinski definition) is 7. The van der Waals surface area contributed by atoms with Crippen molar-refractivity contribution in [3.8, 4) is 17.2 Å². The molecule has 0 spiro atoms. The number of methoxy groups -OCH3 is 1. The summed E-state index contributed by atoms with van der Waals surface area (Å²) >= 11 is 2.26. The lowest BCUT2D eigenvalue weighted by atomic mass is 10.2. The number of benzene rings is 1. The van der Waals surface area contributed by atoms with Crippen LogP contribution in [0.15, 0.2) is 34.1 Å². The molecule has 8 heteroatoms. The van der Waals surface area contributed by atoms with Crippen LogP contribution in [0.4, 0.5) is 5.13 Å². The van der Waals surface area contributed by atoms with E-state index in [9.17, 15) is 9.59 Å². The Labute approximate surface area is 146 Å². The van der Waals surface area contributed by atoms with Gasteiger partial charge in [0.25, 0.3) is 0 Å². The summed E-state index contributed by atoms with van der Waals surface area (Å²) in [6.45, 7) is 1.43. The van der Waals surface area contributed by atoms with Crippen LogP contribution in [0, 0.1) is 0 Å². The van der Waals surface area contributed by atoms with Gasteiger partial charge in [0, 0.05) is 17.7 Å². The van der Waals surface area contributed by atoms with Gasteiger partial charge in [-0.05, 0) is 12.1 Å². The van der Waals surface area contributed by atoms with Crippen LogP contribution in [0.2, 0.25) is 0 Å². The van der Waals surface area contributed by atoms with Gasteiger partial charge in [0.05, 0.1) is 12.9 Å². The highest BCUT2D eigenvalue weighted by Crippen LogP contribution is 2.34. The molecule has 2 heterocycles. The van der Waals surface area contributed by atoms with Gasteiger partial charge in [-0.1, -0.05) is 23.9 Å². The van der Waals surface area contributed by atoms with E-state index in [1.54, 1.807) is 12.5 Å². The molecule has 0 aliphatic heterocycles. The second kappa shape index (κ2) is 7.06. The van der Waals surface area contributed by atoms with E-state index < -0.39 is 0 Å². The van der Waals surface area contributed by atoms with E-state index in [2.05, 4.69) is 10.3 Å². The molecule has 0 fully saturated rings. The van der Waals surface area contributed by atoms with Crippen molar-refractivity contribution in [3.05, 3.63) is 29.6 Å². The normalized spacial score (nSPS) is 10.8. The number of ether oxygens (including phenoxy) is 1. The number of thiazole rings is 1. The Kier molecular flexibility index (Phi) is 4.86. The minimum absolute atomic E-state index is 0.0755. The predicted molar refractivity (Wildman–Crippen MR) is 95.6 cm³/mol. The molecule has 0 aliphatic rings. The van der Waals surface area contributed by atoms with Gasteiger partial charge >= 0.3 is 0 Å². The quantitative estimate of drug-likeness (QED) is 0.744. The van der Waals surface area contributed by atoms with Gasteiger partial charge in [-0.3, -0.25) is 9.59 Å². The number of carbonyl (C=O) groups excluding carboxylic acids is 2. The molecule has 1 aromatic carbocycles. The van der Waals surface area contributed by atoms with Crippen molar-refractivity contribution in [2.24, 2.45) is 0 Å². The number of nitrogens with one attached hydrogen (secondary N) is 1. The molecule has 6 nitrogen and oxygen atoms in total. The lowest BCUT2D eigenvalue weighted by molar-refractivity contribution is -0.114. The molecule has 0 radical (unpaired) electrons. The second-order valence-corrected chi connectivity index (χ2v) is 6.87. The third kappa shape index (κ3) is 3.60. The van der Waals surface area contributed by atoms with Crippen molar-refractivity contribution in [1.29, 1.82) is 0 Å². The summed E-state index contributed by atoms with van der Waals surface area (Å²) in [6, 6.07) is 7.53. The van der Waals surface area contributed by atoms with Crippen LogP contribution in [-0.4, -0.2) is 28.9 Å². The number of rotatable bonds is 5. The molecular formula is C16H14N2O4S2. The molecule has 0 bridgehead atoms. The van der Waals surface area contributed by atoms with Crippen LogP contribution < -0.4 is 10.1 Å². The van der Waals surface area contributed by atoms with Gasteiger partial charge in [-0.2, -0.15) is 0 Å². The SMILES string of the molecule is COc1cccc2cc(-c3csc(NC(=O)CSC(C)=O)n3)oc12. The fourth-order valence-electron chi connectivity index (χ4n) is 2.09. The Balaban J connectivity index is 1.78. The smallest absolute Gasteiger partial charge is 0.236 e. The van der Waals surface area contributed by atoms with Gasteiger partial charge in [-0.25, -0.2) is 4.98 Å². The highest BCUT2D eigenvalue weighted by Gasteiger charge is 2.14. The molecule has 24 heavy (non-hydrogen) atoms. The Morgan fingerprint density at radius 2 is 2.25 bits per heavy atom. The largest absolute Gasteiger partial charge is 0.493 e. The van der Waals surface area contributed by atoms with Gasteiger partial charge < -0.3 is 14.5 Å². The number of anilines is 1. The number of amides is 1. The fraction of sp³-hybridized carbons (Fsp3) is 0.188. The van der Waals surface area contributed by atoms with Crippen molar-refractivity contribution in [2.75, 3.05) is 18.2 Å². The average Bonchev–Trinajstić information content (AvgIpc) is 3.18. The van der Waals surface area contributed by atoms with Crippen LogP contribution in [-0.2, 0) is 9.59 Å². The summed E-state index contributed by atoms with van der Waals surface area (Å²) in [7, 11) is 1.59. The van der Waals surface area contributed by atoms with E-state index in [4.69, 9.17) is 9.15 Å². The van der Waals surface area contributed by atoms with Crippen molar-refractivity contribution in [1.82, 2.24) is 4.98 Å². The van der Waals surface area contributed by atoms with Crippen LogP contribution in [0.5, 0.6) is 5.75 Å². The number of aromatic nitrogens is 1. The first-order valence-corrected chi connectivity index (χ1v) is 8.89. The zero-order chi connectivity index (χ0) is 17.1. The first-order valence-electron chi connectivity index (χ1n) is 7.02. The Bertz CT molecular complexity index is 901. The van der Waals surface area contributed by atoms with Crippen LogP contribution in [0.1, 0.15) is 6.92 Å². The fourth-order valence-corrected chi connectivity index (χ4v) is 3.21. The van der Waals surface area contributed by atoms with E-state index >= 15 is 0 Å². The number of nitrogens with zero attached hydrogens (tertiary/aromatic N) is 1. The highest BCUT2D eigenvalue weighted by molar-refractivity contribution is 8.14. The lowest BCUT2D eigenvalue weighted by Gasteiger charge is -1.99. The maximum Gasteiger partial charge on any atom is 0.236 e. The standard InChI is InChI=1S/C16H14N2O4S2/c1-9(19)23-8-14(20)18-16-17-11(7-24-16)13-6-10-4-3-5-12(21-2)15(10)22-13/h3-7H,8H2,1-2H3,(H,17,18,20). The summed E-state index contributed by atoms with van der Waals surface area (Å²) in [4.78, 5) is 27.0. The first-order chi connectivity index (χ1) is 11.6. The number of fused-ring (bicyclic) bond motifs is 1. The third-order valence-electron chi connectivity index (χ3n) is 3.14. The van der Waals surface area contributed by atoms with E-state index in [1.165, 1.54) is 18.3 Å². The summed E-state index contributed by atoms with van der Waals surface area (Å²) in [5.74, 6) is 1.07. The topological polar surface area (TPSA) is 81.4 Å². The van der Waals surface area contributed by atoms with Gasteiger partial charge in [0.1, 0.15) is 5.69 Å². The van der Waals surface area contributed by atoms with Crippen molar-refractivity contribution in [2.45, 2.75) is 6.92 Å². The Morgan fingerprint density at radius 3 is 3.00 bits per heavy atom. The van der Waals surface area contributed by atoms with Crippen molar-refractivity contribution < 1.29 is 18.7 Å². The molecule has 0 aliphatic carbocycles. The highest BCUT2D eigenvalue weighted by atomic mass is 32.2. The predicted octanol–water partition coefficient (Wildman–Crippen LogP) is 3.78. The van der Waals surface area contributed by atoms with E-state index in [1.807, 2.05) is 24.3 Å². The van der Waals surface area contributed by atoms with Crippen molar-refractivity contribution >= 4 is 50.2 Å². The summed E-state index contributed by atoms with van der Waals surface area (Å²) in [5, 5.41) is 5.76. The second-order valence-electron chi connectivity index (χ2n) is 4.86. The molecule has 0 atom stereocenters. The maximum absolute atomic E-state index is 11.7. The molecule has 3 aromatic rings. The van der Waals surface area contributed by atoms with Crippen LogP contribution >= 0.6 is 23.1 Å². The average molecular weight is 362 g/mol. The molecule has 124 valence electrons. The number of furan rings is 1. The molecule has 0 unspecified atom stereocenters. The van der Waals surface area contributed by atoms with E-state index in [0.29, 0.717) is 27.9 Å². The van der Waals surface area contributed by atoms with Crippen LogP contribution in [0.25, 0.3) is 22.4 Å². The minimum Gasteiger partial charge on any atom is -0.493 e. The molecule has 3 rings (SSSR count). The molecule has 1 N–H and O–H groups in total. The Morgan fingerprint density at radius 1 is 1.42 bits per heavy atom. The number of thioether (sulfide) groups is 1. The third-order valence-corrected chi connectivity index (χ3v) is 4.71. The van der Waals surface area contributed by atoms with Crippen molar-refractivity contribution in [3.63, 3.8) is 0 Å². The molecule has 0 saturated heterocycles. The molecule has 1 amide bonds. The summed E-state index contributed by atoms with van der Waals surface area (Å²) in [6.07, 6.45) is 0. The number of hydrogen-bond donors (Lipinski definition) is 1. The number of para-hydroxylation sites is 1. The van der Waals surface area contributed by atoms with E-state index in [0.717, 1.165) is 17.1 Å². The Hall–Kier alpha value is -2.32. The monoisotopic (exact) mass is 362 g/mol. The van der Waals surface area contributed by atoms with Gasteiger partial charge in [0.2, 0.25) is 5.91 Å². The zero-order valence-electron chi connectivity index (χ0n) is 13.0. The summed E-state index contributed by atoms with van der Waals surface area (Å²) in [5.41, 5.74) is 1.29. The molecule has 2 aromatic heterocycles.